The van der Waals surface area contributed by atoms with Gasteiger partial charge in [-0.15, -0.1) is 0 Å². The first kappa shape index (κ1) is 15.8. The van der Waals surface area contributed by atoms with Crippen molar-refractivity contribution in [2.45, 2.75) is 6.54 Å². The highest BCUT2D eigenvalue weighted by Crippen LogP contribution is 2.27. The van der Waals surface area contributed by atoms with Gasteiger partial charge in [0.05, 0.1) is 0 Å². The number of hydrogen-bond acceptors (Lipinski definition) is 4. The number of nitrogens with zero attached hydrogens (tertiary/aromatic N) is 1. The Balaban J connectivity index is 2.01. The molecular formula is C18H16N2O4. The number of rotatable bonds is 5. The van der Waals surface area contributed by atoms with Crippen molar-refractivity contribution in [3.63, 3.8) is 0 Å². The normalized spacial score (nSPS) is 10.7. The Labute approximate surface area is 138 Å². The molecule has 0 radical (unpaired) electrons. The zero-order chi connectivity index (χ0) is 17.1. The fourth-order valence-electron chi connectivity index (χ4n) is 2.47. The molecule has 6 nitrogen and oxygen atoms in total. The fourth-order valence-corrected chi connectivity index (χ4v) is 2.47. The Bertz CT molecular complexity index is 868. The number of carboxylic acids is 1. The van der Waals surface area contributed by atoms with Crippen LogP contribution in [0.5, 0.6) is 0 Å². The number of hydrogen-bond donors (Lipinski definition) is 2. The summed E-state index contributed by atoms with van der Waals surface area (Å²) in [6, 6.07) is 15.7. The van der Waals surface area contributed by atoms with Gasteiger partial charge in [0.15, 0.2) is 0 Å². The molecule has 0 saturated heterocycles. The number of anilines is 1. The summed E-state index contributed by atoms with van der Waals surface area (Å²) in [4.78, 5) is 25.1. The summed E-state index contributed by atoms with van der Waals surface area (Å²) in [5.74, 6) is -1.38. The van der Waals surface area contributed by atoms with E-state index in [2.05, 4.69) is 0 Å². The summed E-state index contributed by atoms with van der Waals surface area (Å²) < 4.78 is 5.65. The van der Waals surface area contributed by atoms with Crippen LogP contribution in [0.15, 0.2) is 59.0 Å². The molecule has 1 heterocycles. The number of amides is 1. The highest BCUT2D eigenvalue weighted by atomic mass is 16.4. The van der Waals surface area contributed by atoms with E-state index in [4.69, 9.17) is 15.3 Å². The smallest absolute Gasteiger partial charge is 0.323 e. The van der Waals surface area contributed by atoms with E-state index in [9.17, 15) is 9.59 Å². The molecule has 1 amide bonds. The molecule has 2 aromatic carbocycles. The van der Waals surface area contributed by atoms with Crippen LogP contribution in [0.1, 0.15) is 15.9 Å². The van der Waals surface area contributed by atoms with E-state index in [1.165, 1.54) is 0 Å². The van der Waals surface area contributed by atoms with Crippen molar-refractivity contribution in [3.8, 4) is 0 Å². The Morgan fingerprint density at radius 2 is 1.88 bits per heavy atom. The van der Waals surface area contributed by atoms with Crippen molar-refractivity contribution in [3.05, 3.63) is 65.7 Å². The molecular weight excluding hydrogens is 308 g/mol. The van der Waals surface area contributed by atoms with Gasteiger partial charge in [0.2, 0.25) is 5.88 Å². The fraction of sp³-hybridized carbons (Fsp3) is 0.111. The van der Waals surface area contributed by atoms with Gasteiger partial charge in [-0.1, -0.05) is 30.3 Å². The largest absolute Gasteiger partial charge is 0.480 e. The van der Waals surface area contributed by atoms with Crippen molar-refractivity contribution in [2.24, 2.45) is 5.73 Å². The van der Waals surface area contributed by atoms with Gasteiger partial charge < -0.3 is 15.3 Å². The van der Waals surface area contributed by atoms with Crippen LogP contribution >= 0.6 is 0 Å². The lowest BCUT2D eigenvalue weighted by atomic mass is 10.1. The number of furan rings is 1. The average Bonchev–Trinajstić information content (AvgIpc) is 3.02. The lowest BCUT2D eigenvalue weighted by molar-refractivity contribution is -0.135. The maximum absolute atomic E-state index is 12.8. The number of carbonyl (C=O) groups excluding carboxylic acids is 1. The lowest BCUT2D eigenvalue weighted by Crippen LogP contribution is -2.35. The lowest BCUT2D eigenvalue weighted by Gasteiger charge is -2.18. The topological polar surface area (TPSA) is 96.8 Å². The van der Waals surface area contributed by atoms with Gasteiger partial charge in [-0.25, -0.2) is 0 Å². The van der Waals surface area contributed by atoms with Crippen molar-refractivity contribution in [1.82, 2.24) is 0 Å². The molecule has 24 heavy (non-hydrogen) atoms. The predicted molar refractivity (Wildman–Crippen MR) is 89.9 cm³/mol. The summed E-state index contributed by atoms with van der Waals surface area (Å²) in [7, 11) is 0. The molecule has 0 atom stereocenters. The van der Waals surface area contributed by atoms with E-state index in [0.717, 1.165) is 15.8 Å². The predicted octanol–water partition coefficient (Wildman–Crippen LogP) is 2.62. The number of para-hydroxylation sites is 1. The van der Waals surface area contributed by atoms with Gasteiger partial charge in [-0.05, 0) is 23.8 Å². The number of benzene rings is 2. The van der Waals surface area contributed by atoms with Crippen molar-refractivity contribution in [2.75, 3.05) is 11.4 Å². The molecule has 0 fully saturated rings. The highest BCUT2D eigenvalue weighted by Gasteiger charge is 2.23. The van der Waals surface area contributed by atoms with Crippen LogP contribution in [0.4, 0.5) is 5.88 Å². The van der Waals surface area contributed by atoms with Crippen molar-refractivity contribution < 1.29 is 19.1 Å². The molecule has 0 aliphatic heterocycles. The van der Waals surface area contributed by atoms with E-state index in [0.29, 0.717) is 17.7 Å². The summed E-state index contributed by atoms with van der Waals surface area (Å²) in [5.41, 5.74) is 7.34. The molecule has 0 saturated carbocycles. The maximum atomic E-state index is 12.8. The Morgan fingerprint density at radius 1 is 1.08 bits per heavy atom. The Hall–Kier alpha value is -3.12. The molecule has 0 bridgehead atoms. The van der Waals surface area contributed by atoms with Crippen LogP contribution in [0.25, 0.3) is 11.0 Å². The van der Waals surface area contributed by atoms with Gasteiger partial charge in [0.25, 0.3) is 5.91 Å². The first-order valence-corrected chi connectivity index (χ1v) is 7.39. The summed E-state index contributed by atoms with van der Waals surface area (Å²) in [6.45, 7) is -0.198. The molecule has 1 aromatic heterocycles. The van der Waals surface area contributed by atoms with Crippen molar-refractivity contribution in [1.29, 1.82) is 0 Å². The zero-order valence-electron chi connectivity index (χ0n) is 12.8. The summed E-state index contributed by atoms with van der Waals surface area (Å²) >= 11 is 0. The van der Waals surface area contributed by atoms with Crippen LogP contribution in [0.3, 0.4) is 0 Å². The van der Waals surface area contributed by atoms with Crippen LogP contribution in [-0.2, 0) is 11.3 Å². The van der Waals surface area contributed by atoms with E-state index in [1.54, 1.807) is 36.4 Å². The second-order valence-corrected chi connectivity index (χ2v) is 5.31. The minimum atomic E-state index is -1.13. The van der Waals surface area contributed by atoms with Crippen LogP contribution in [0.2, 0.25) is 0 Å². The third-order valence-corrected chi connectivity index (χ3v) is 3.63. The van der Waals surface area contributed by atoms with Gasteiger partial charge in [0.1, 0.15) is 12.1 Å². The minimum absolute atomic E-state index is 0.196. The maximum Gasteiger partial charge on any atom is 0.323 e. The molecule has 3 rings (SSSR count). The monoisotopic (exact) mass is 324 g/mol. The first-order valence-electron chi connectivity index (χ1n) is 7.39. The number of fused-ring (bicyclic) bond motifs is 1. The second-order valence-electron chi connectivity index (χ2n) is 5.31. The third kappa shape index (κ3) is 3.13. The number of carbonyl (C=O) groups is 2. The standard InChI is InChI=1S/C18H16N2O4/c19-10-12-4-3-6-14(8-12)18(23)20(11-17(21)22)16-9-13-5-1-2-7-15(13)24-16/h1-9H,10-11,19H2,(H,21,22). The number of nitrogens with two attached hydrogens (primary N) is 1. The van der Waals surface area contributed by atoms with Crippen molar-refractivity contribution >= 4 is 28.7 Å². The van der Waals surface area contributed by atoms with E-state index < -0.39 is 18.4 Å². The molecule has 3 N–H and O–H groups in total. The van der Waals surface area contributed by atoms with Crippen LogP contribution in [-0.4, -0.2) is 23.5 Å². The van der Waals surface area contributed by atoms with Crippen LogP contribution < -0.4 is 10.6 Å². The minimum Gasteiger partial charge on any atom is -0.480 e. The number of carboxylic acid groups (broad SMARTS) is 1. The van der Waals surface area contributed by atoms with Gasteiger partial charge in [-0.2, -0.15) is 0 Å². The summed E-state index contributed by atoms with van der Waals surface area (Å²) in [6.07, 6.45) is 0. The second kappa shape index (κ2) is 6.55. The molecule has 6 heteroatoms. The first-order chi connectivity index (χ1) is 11.6. The quantitative estimate of drug-likeness (QED) is 0.752. The molecule has 3 aromatic rings. The Morgan fingerprint density at radius 3 is 2.58 bits per heavy atom. The average molecular weight is 324 g/mol. The molecule has 0 aliphatic carbocycles. The van der Waals surface area contributed by atoms with E-state index in [1.807, 2.05) is 18.2 Å². The SMILES string of the molecule is NCc1cccc(C(=O)N(CC(=O)O)c2cc3ccccc3o2)c1. The molecule has 0 aliphatic rings. The van der Waals surface area contributed by atoms with Crippen LogP contribution in [0, 0.1) is 0 Å². The highest BCUT2D eigenvalue weighted by molar-refractivity contribution is 6.08. The molecule has 0 spiro atoms. The van der Waals surface area contributed by atoms with Gasteiger partial charge >= 0.3 is 5.97 Å². The zero-order valence-corrected chi connectivity index (χ0v) is 12.8. The molecule has 122 valence electrons. The number of aliphatic carboxylic acids is 1. The summed E-state index contributed by atoms with van der Waals surface area (Å²) in [5, 5.41) is 9.96. The van der Waals surface area contributed by atoms with Gasteiger partial charge in [0, 0.05) is 23.6 Å². The molecule has 0 unspecified atom stereocenters. The van der Waals surface area contributed by atoms with E-state index >= 15 is 0 Å². The van der Waals surface area contributed by atoms with E-state index in [-0.39, 0.29) is 5.88 Å². The third-order valence-electron chi connectivity index (χ3n) is 3.63. The van der Waals surface area contributed by atoms with Gasteiger partial charge in [-0.3, -0.25) is 14.5 Å². The Kier molecular flexibility index (Phi) is 4.31.